The maximum Gasteiger partial charge on any atom is 0.335 e. The second-order valence-electron chi connectivity index (χ2n) is 3.78. The smallest absolute Gasteiger partial charge is 0.335 e. The Kier molecular flexibility index (Phi) is 5.13. The number of hydrogen-bond acceptors (Lipinski definition) is 4. The van der Waals surface area contributed by atoms with Gasteiger partial charge in [-0.25, -0.2) is 4.79 Å². The fraction of sp³-hybridized carbons (Fsp3) is 0.333. The van der Waals surface area contributed by atoms with E-state index in [2.05, 4.69) is 5.32 Å². The van der Waals surface area contributed by atoms with E-state index < -0.39 is 11.9 Å². The molecule has 1 amide bonds. The number of anilines is 1. The molecule has 1 aromatic carbocycles. The van der Waals surface area contributed by atoms with Crippen LogP contribution >= 0.6 is 0 Å². The summed E-state index contributed by atoms with van der Waals surface area (Å²) in [4.78, 5) is 21.2. The van der Waals surface area contributed by atoms with Crippen molar-refractivity contribution in [2.45, 2.75) is 6.92 Å². The monoisotopic (exact) mass is 252 g/mol. The van der Waals surface area contributed by atoms with Gasteiger partial charge < -0.3 is 20.9 Å². The highest BCUT2D eigenvalue weighted by Crippen LogP contribution is 2.14. The SMILES string of the molecule is Cc1cc(NCCOCC(N)=O)ccc1C(=O)O. The molecular formula is C12H16N2O4. The van der Waals surface area contributed by atoms with Crippen LogP contribution in [0, 0.1) is 6.92 Å². The molecule has 0 aliphatic carbocycles. The highest BCUT2D eigenvalue weighted by molar-refractivity contribution is 5.89. The van der Waals surface area contributed by atoms with Crippen LogP contribution in [0.25, 0.3) is 0 Å². The fourth-order valence-electron chi connectivity index (χ4n) is 1.45. The van der Waals surface area contributed by atoms with Crippen molar-refractivity contribution >= 4 is 17.6 Å². The average molecular weight is 252 g/mol. The standard InChI is InChI=1S/C12H16N2O4/c1-8-6-9(2-3-10(8)12(16)17)14-4-5-18-7-11(13)15/h2-3,6,14H,4-5,7H2,1H3,(H2,13,15)(H,16,17). The van der Waals surface area contributed by atoms with E-state index in [9.17, 15) is 9.59 Å². The number of benzene rings is 1. The summed E-state index contributed by atoms with van der Waals surface area (Å²) in [6.07, 6.45) is 0. The molecule has 0 spiro atoms. The Hall–Kier alpha value is -2.08. The third-order valence-electron chi connectivity index (χ3n) is 2.28. The second-order valence-corrected chi connectivity index (χ2v) is 3.78. The molecule has 0 aliphatic rings. The van der Waals surface area contributed by atoms with Gasteiger partial charge in [-0.1, -0.05) is 0 Å². The molecule has 0 aliphatic heterocycles. The van der Waals surface area contributed by atoms with Crippen LogP contribution in [-0.2, 0) is 9.53 Å². The molecular weight excluding hydrogens is 236 g/mol. The van der Waals surface area contributed by atoms with Crippen molar-refractivity contribution in [3.8, 4) is 0 Å². The van der Waals surface area contributed by atoms with Gasteiger partial charge in [0.1, 0.15) is 6.61 Å². The molecule has 0 heterocycles. The highest BCUT2D eigenvalue weighted by Gasteiger charge is 2.06. The van der Waals surface area contributed by atoms with E-state index in [1.807, 2.05) is 0 Å². The summed E-state index contributed by atoms with van der Waals surface area (Å²) in [5, 5.41) is 11.9. The zero-order valence-electron chi connectivity index (χ0n) is 10.1. The number of aromatic carboxylic acids is 1. The number of primary amides is 1. The first-order chi connectivity index (χ1) is 8.50. The number of carboxylic acid groups (broad SMARTS) is 1. The molecule has 0 unspecified atom stereocenters. The predicted molar refractivity (Wildman–Crippen MR) is 66.6 cm³/mol. The van der Waals surface area contributed by atoms with Gasteiger partial charge >= 0.3 is 5.97 Å². The van der Waals surface area contributed by atoms with Crippen molar-refractivity contribution in [2.75, 3.05) is 25.1 Å². The van der Waals surface area contributed by atoms with Crippen molar-refractivity contribution in [3.05, 3.63) is 29.3 Å². The number of nitrogens with two attached hydrogens (primary N) is 1. The molecule has 0 radical (unpaired) electrons. The van der Waals surface area contributed by atoms with Crippen molar-refractivity contribution in [1.29, 1.82) is 0 Å². The Labute approximate surface area is 105 Å². The molecule has 0 saturated heterocycles. The van der Waals surface area contributed by atoms with Gasteiger partial charge in [-0.3, -0.25) is 4.79 Å². The molecule has 1 rings (SSSR count). The molecule has 0 atom stereocenters. The summed E-state index contributed by atoms with van der Waals surface area (Å²) < 4.78 is 4.98. The summed E-state index contributed by atoms with van der Waals surface area (Å²) in [7, 11) is 0. The third-order valence-corrected chi connectivity index (χ3v) is 2.28. The fourth-order valence-corrected chi connectivity index (χ4v) is 1.45. The minimum Gasteiger partial charge on any atom is -0.478 e. The van der Waals surface area contributed by atoms with Crippen molar-refractivity contribution in [3.63, 3.8) is 0 Å². The molecule has 98 valence electrons. The number of nitrogens with one attached hydrogen (secondary N) is 1. The molecule has 0 saturated carbocycles. The molecule has 4 N–H and O–H groups in total. The van der Waals surface area contributed by atoms with Crippen molar-refractivity contribution in [1.82, 2.24) is 0 Å². The first-order valence-electron chi connectivity index (χ1n) is 5.44. The summed E-state index contributed by atoms with van der Waals surface area (Å²) in [6, 6.07) is 4.98. The average Bonchev–Trinajstić information content (AvgIpc) is 2.27. The maximum atomic E-state index is 10.8. The Morgan fingerprint density at radius 1 is 1.44 bits per heavy atom. The van der Waals surface area contributed by atoms with Gasteiger partial charge in [0.15, 0.2) is 0 Å². The molecule has 0 fully saturated rings. The second kappa shape index (κ2) is 6.61. The van der Waals surface area contributed by atoms with Gasteiger partial charge in [0.05, 0.1) is 12.2 Å². The van der Waals surface area contributed by atoms with Crippen LogP contribution < -0.4 is 11.1 Å². The lowest BCUT2D eigenvalue weighted by Gasteiger charge is -2.08. The number of ether oxygens (including phenoxy) is 1. The number of aryl methyl sites for hydroxylation is 1. The van der Waals surface area contributed by atoms with Crippen LogP contribution in [0.2, 0.25) is 0 Å². The number of rotatable bonds is 7. The predicted octanol–water partition coefficient (Wildman–Crippen LogP) is 0.607. The third kappa shape index (κ3) is 4.42. The van der Waals surface area contributed by atoms with E-state index in [1.54, 1.807) is 25.1 Å². The summed E-state index contributed by atoms with van der Waals surface area (Å²) in [5.74, 6) is -1.44. The molecule has 6 heteroatoms. The number of carboxylic acids is 1. The van der Waals surface area contributed by atoms with Crippen molar-refractivity contribution < 1.29 is 19.4 Å². The summed E-state index contributed by atoms with van der Waals surface area (Å²) >= 11 is 0. The van der Waals surface area contributed by atoms with Crippen molar-refractivity contribution in [2.24, 2.45) is 5.73 Å². The number of hydrogen-bond donors (Lipinski definition) is 3. The lowest BCUT2D eigenvalue weighted by Crippen LogP contribution is -2.20. The number of carbonyl (C=O) groups is 2. The molecule has 6 nitrogen and oxygen atoms in total. The van der Waals surface area contributed by atoms with E-state index in [-0.39, 0.29) is 12.2 Å². The molecule has 0 aromatic heterocycles. The lowest BCUT2D eigenvalue weighted by molar-refractivity contribution is -0.122. The zero-order valence-corrected chi connectivity index (χ0v) is 10.1. The Morgan fingerprint density at radius 2 is 2.17 bits per heavy atom. The van der Waals surface area contributed by atoms with Gasteiger partial charge in [-0.05, 0) is 30.7 Å². The Bertz CT molecular complexity index is 446. The van der Waals surface area contributed by atoms with Gasteiger partial charge in [-0.15, -0.1) is 0 Å². The topological polar surface area (TPSA) is 102 Å². The van der Waals surface area contributed by atoms with Crippen LogP contribution in [0.3, 0.4) is 0 Å². The van der Waals surface area contributed by atoms with Crippen LogP contribution in [0.4, 0.5) is 5.69 Å². The van der Waals surface area contributed by atoms with Crippen LogP contribution in [0.15, 0.2) is 18.2 Å². The number of amides is 1. The minimum absolute atomic E-state index is 0.0986. The molecule has 0 bridgehead atoms. The normalized spacial score (nSPS) is 10.1. The quantitative estimate of drug-likeness (QED) is 0.617. The van der Waals surface area contributed by atoms with Crippen LogP contribution in [0.1, 0.15) is 15.9 Å². The maximum absolute atomic E-state index is 10.8. The van der Waals surface area contributed by atoms with Gasteiger partial charge in [0.25, 0.3) is 0 Å². The Balaban J connectivity index is 2.42. The largest absolute Gasteiger partial charge is 0.478 e. The molecule has 18 heavy (non-hydrogen) atoms. The highest BCUT2D eigenvalue weighted by atomic mass is 16.5. The van der Waals surface area contributed by atoms with Gasteiger partial charge in [0, 0.05) is 12.2 Å². The van der Waals surface area contributed by atoms with Crippen LogP contribution in [-0.4, -0.2) is 36.7 Å². The minimum atomic E-state index is -0.941. The van der Waals surface area contributed by atoms with E-state index in [1.165, 1.54) is 0 Å². The van der Waals surface area contributed by atoms with Gasteiger partial charge in [-0.2, -0.15) is 0 Å². The van der Waals surface area contributed by atoms with Gasteiger partial charge in [0.2, 0.25) is 5.91 Å². The van der Waals surface area contributed by atoms with E-state index >= 15 is 0 Å². The number of carbonyl (C=O) groups excluding carboxylic acids is 1. The van der Waals surface area contributed by atoms with E-state index in [4.69, 9.17) is 15.6 Å². The first-order valence-corrected chi connectivity index (χ1v) is 5.44. The zero-order chi connectivity index (χ0) is 13.5. The first kappa shape index (κ1) is 14.0. The van der Waals surface area contributed by atoms with Crippen LogP contribution in [0.5, 0.6) is 0 Å². The molecule has 1 aromatic rings. The lowest BCUT2D eigenvalue weighted by atomic mass is 10.1. The van der Waals surface area contributed by atoms with E-state index in [0.29, 0.717) is 18.7 Å². The van der Waals surface area contributed by atoms with E-state index in [0.717, 1.165) is 5.69 Å². The Morgan fingerprint density at radius 3 is 2.72 bits per heavy atom. The summed E-state index contributed by atoms with van der Waals surface area (Å²) in [6.45, 7) is 2.50. The summed E-state index contributed by atoms with van der Waals surface area (Å²) in [5.41, 5.74) is 6.69.